The van der Waals surface area contributed by atoms with Crippen LogP contribution in [0.15, 0.2) is 36.5 Å². The molecule has 0 aliphatic heterocycles. The van der Waals surface area contributed by atoms with Crippen molar-refractivity contribution in [3.05, 3.63) is 58.9 Å². The summed E-state index contributed by atoms with van der Waals surface area (Å²) in [6, 6.07) is 9.69. The molecule has 0 saturated carbocycles. The summed E-state index contributed by atoms with van der Waals surface area (Å²) in [5.74, 6) is 0.613. The topological polar surface area (TPSA) is 51.2 Å². The molecule has 4 heteroatoms. The normalized spacial score (nSPS) is 11.8. The molecule has 2 rings (SSSR count). The van der Waals surface area contributed by atoms with Crippen molar-refractivity contribution in [2.75, 3.05) is 0 Å². The quantitative estimate of drug-likeness (QED) is 0.923. The molecule has 1 aromatic carbocycles. The number of benzene rings is 1. The van der Waals surface area contributed by atoms with Crippen molar-refractivity contribution >= 4 is 5.91 Å². The number of aryl methyl sites for hydroxylation is 2. The highest BCUT2D eigenvalue weighted by atomic mass is 16.5. The summed E-state index contributed by atoms with van der Waals surface area (Å²) in [6.45, 7) is 8.22. The van der Waals surface area contributed by atoms with Gasteiger partial charge in [0, 0.05) is 6.20 Å². The average Bonchev–Trinajstić information content (AvgIpc) is 2.50. The molecule has 0 aliphatic rings. The number of nitrogens with one attached hydrogen (secondary N) is 1. The van der Waals surface area contributed by atoms with Crippen LogP contribution in [0.4, 0.5) is 0 Å². The minimum atomic E-state index is -0.552. The monoisotopic (exact) mass is 298 g/mol. The molecule has 0 fully saturated rings. The molecule has 0 radical (unpaired) electrons. The smallest absolute Gasteiger partial charge is 0.261 e. The standard InChI is InChI=1S/C18H22N2O2/c1-12-9-13(2)14(3)17(10-12)22-15(4)18(21)20-11-16-7-5-6-8-19-16/h5-10,15H,11H2,1-4H3,(H,20,21)/t15-/m1/s1. The van der Waals surface area contributed by atoms with E-state index in [1.165, 1.54) is 0 Å². The Morgan fingerprint density at radius 3 is 2.73 bits per heavy atom. The van der Waals surface area contributed by atoms with Gasteiger partial charge in [-0.2, -0.15) is 0 Å². The van der Waals surface area contributed by atoms with Gasteiger partial charge >= 0.3 is 0 Å². The molecule has 22 heavy (non-hydrogen) atoms. The summed E-state index contributed by atoms with van der Waals surface area (Å²) >= 11 is 0. The van der Waals surface area contributed by atoms with E-state index in [0.29, 0.717) is 6.54 Å². The van der Waals surface area contributed by atoms with Gasteiger partial charge in [-0.15, -0.1) is 0 Å². The Labute approximate surface area is 131 Å². The predicted molar refractivity (Wildman–Crippen MR) is 86.8 cm³/mol. The third-order valence-electron chi connectivity index (χ3n) is 3.61. The number of rotatable bonds is 5. The average molecular weight is 298 g/mol. The molecular formula is C18H22N2O2. The number of ether oxygens (including phenoxy) is 1. The summed E-state index contributed by atoms with van der Waals surface area (Å²) in [5, 5.41) is 2.84. The Morgan fingerprint density at radius 2 is 2.05 bits per heavy atom. The molecule has 1 atom stereocenters. The molecule has 1 amide bonds. The summed E-state index contributed by atoms with van der Waals surface area (Å²) in [5.41, 5.74) is 4.18. The van der Waals surface area contributed by atoms with Gasteiger partial charge < -0.3 is 10.1 Å². The fourth-order valence-corrected chi connectivity index (χ4v) is 2.19. The van der Waals surface area contributed by atoms with Crippen LogP contribution in [0.25, 0.3) is 0 Å². The van der Waals surface area contributed by atoms with Crippen molar-refractivity contribution < 1.29 is 9.53 Å². The third-order valence-corrected chi connectivity index (χ3v) is 3.61. The Bertz CT molecular complexity index is 654. The van der Waals surface area contributed by atoms with Crippen molar-refractivity contribution in [2.45, 2.75) is 40.3 Å². The minimum Gasteiger partial charge on any atom is -0.481 e. The summed E-state index contributed by atoms with van der Waals surface area (Å²) in [7, 11) is 0. The Hall–Kier alpha value is -2.36. The van der Waals surface area contributed by atoms with Crippen molar-refractivity contribution in [1.29, 1.82) is 0 Å². The molecule has 0 saturated heterocycles. The molecule has 1 aromatic heterocycles. The number of pyridine rings is 1. The first-order valence-corrected chi connectivity index (χ1v) is 7.39. The van der Waals surface area contributed by atoms with E-state index in [0.717, 1.165) is 28.1 Å². The van der Waals surface area contributed by atoms with E-state index in [9.17, 15) is 4.79 Å². The van der Waals surface area contributed by atoms with Crippen LogP contribution in [0.3, 0.4) is 0 Å². The molecular weight excluding hydrogens is 276 g/mol. The molecule has 1 heterocycles. The Kier molecular flexibility index (Phi) is 5.15. The lowest BCUT2D eigenvalue weighted by atomic mass is 10.1. The zero-order chi connectivity index (χ0) is 16.1. The molecule has 4 nitrogen and oxygen atoms in total. The van der Waals surface area contributed by atoms with Gasteiger partial charge in [-0.1, -0.05) is 12.1 Å². The van der Waals surface area contributed by atoms with Crippen molar-refractivity contribution in [2.24, 2.45) is 0 Å². The van der Waals surface area contributed by atoms with Gasteiger partial charge in [0.25, 0.3) is 5.91 Å². The zero-order valence-corrected chi connectivity index (χ0v) is 13.5. The van der Waals surface area contributed by atoms with E-state index in [-0.39, 0.29) is 5.91 Å². The van der Waals surface area contributed by atoms with Gasteiger partial charge in [-0.25, -0.2) is 0 Å². The van der Waals surface area contributed by atoms with E-state index in [1.807, 2.05) is 45.0 Å². The maximum absolute atomic E-state index is 12.1. The lowest BCUT2D eigenvalue weighted by Crippen LogP contribution is -2.36. The van der Waals surface area contributed by atoms with Crippen molar-refractivity contribution in [3.63, 3.8) is 0 Å². The molecule has 0 unspecified atom stereocenters. The summed E-state index contributed by atoms with van der Waals surface area (Å²) in [4.78, 5) is 16.3. The first kappa shape index (κ1) is 16.0. The second-order valence-corrected chi connectivity index (χ2v) is 5.50. The van der Waals surface area contributed by atoms with Gasteiger partial charge in [0.05, 0.1) is 12.2 Å². The molecule has 1 N–H and O–H groups in total. The van der Waals surface area contributed by atoms with Gasteiger partial charge in [-0.3, -0.25) is 9.78 Å². The number of hydrogen-bond acceptors (Lipinski definition) is 3. The van der Waals surface area contributed by atoms with Crippen LogP contribution in [0.1, 0.15) is 29.3 Å². The SMILES string of the molecule is Cc1cc(C)c(C)c(O[C@H](C)C(=O)NCc2ccccn2)c1. The highest BCUT2D eigenvalue weighted by Gasteiger charge is 2.16. The zero-order valence-electron chi connectivity index (χ0n) is 13.5. The second-order valence-electron chi connectivity index (χ2n) is 5.50. The molecule has 0 aliphatic carbocycles. The number of carbonyl (C=O) groups is 1. The van der Waals surface area contributed by atoms with Crippen molar-refractivity contribution in [1.82, 2.24) is 10.3 Å². The fourth-order valence-electron chi connectivity index (χ4n) is 2.19. The largest absolute Gasteiger partial charge is 0.481 e. The van der Waals surface area contributed by atoms with Crippen LogP contribution in [0.5, 0.6) is 5.75 Å². The molecule has 116 valence electrons. The van der Waals surface area contributed by atoms with Crippen LogP contribution in [-0.2, 0) is 11.3 Å². The van der Waals surface area contributed by atoms with Gasteiger partial charge in [0.1, 0.15) is 5.75 Å². The summed E-state index contributed by atoms with van der Waals surface area (Å²) < 4.78 is 5.82. The molecule has 0 spiro atoms. The van der Waals surface area contributed by atoms with Crippen LogP contribution in [0.2, 0.25) is 0 Å². The third kappa shape index (κ3) is 4.07. The number of aromatic nitrogens is 1. The van der Waals surface area contributed by atoms with Gasteiger partial charge in [-0.05, 0) is 62.6 Å². The van der Waals surface area contributed by atoms with Gasteiger partial charge in [0.15, 0.2) is 6.10 Å². The van der Waals surface area contributed by atoms with E-state index in [4.69, 9.17) is 4.74 Å². The number of amides is 1. The number of hydrogen-bond donors (Lipinski definition) is 1. The fraction of sp³-hybridized carbons (Fsp3) is 0.333. The van der Waals surface area contributed by atoms with Crippen LogP contribution in [0, 0.1) is 20.8 Å². The molecule has 2 aromatic rings. The highest BCUT2D eigenvalue weighted by Crippen LogP contribution is 2.24. The lowest BCUT2D eigenvalue weighted by molar-refractivity contribution is -0.127. The lowest BCUT2D eigenvalue weighted by Gasteiger charge is -2.17. The Morgan fingerprint density at radius 1 is 1.27 bits per heavy atom. The van der Waals surface area contributed by atoms with E-state index in [1.54, 1.807) is 13.1 Å². The highest BCUT2D eigenvalue weighted by molar-refractivity contribution is 5.80. The number of nitrogens with zero attached hydrogens (tertiary/aromatic N) is 1. The van der Waals surface area contributed by atoms with Crippen molar-refractivity contribution in [3.8, 4) is 5.75 Å². The van der Waals surface area contributed by atoms with Crippen LogP contribution < -0.4 is 10.1 Å². The Balaban J connectivity index is 1.97. The first-order valence-electron chi connectivity index (χ1n) is 7.39. The second kappa shape index (κ2) is 7.07. The number of carbonyl (C=O) groups excluding carboxylic acids is 1. The maximum Gasteiger partial charge on any atom is 0.261 e. The summed E-state index contributed by atoms with van der Waals surface area (Å²) in [6.07, 6.45) is 1.16. The van der Waals surface area contributed by atoms with Crippen LogP contribution >= 0.6 is 0 Å². The van der Waals surface area contributed by atoms with E-state index < -0.39 is 6.10 Å². The molecule has 0 bridgehead atoms. The minimum absolute atomic E-state index is 0.149. The van der Waals surface area contributed by atoms with E-state index >= 15 is 0 Å². The maximum atomic E-state index is 12.1. The van der Waals surface area contributed by atoms with Crippen LogP contribution in [-0.4, -0.2) is 17.0 Å². The van der Waals surface area contributed by atoms with E-state index in [2.05, 4.69) is 16.4 Å². The predicted octanol–water partition coefficient (Wildman–Crippen LogP) is 3.09. The van der Waals surface area contributed by atoms with Gasteiger partial charge in [0.2, 0.25) is 0 Å². The first-order chi connectivity index (χ1) is 10.5.